The first-order valence-electron chi connectivity index (χ1n) is 9.46. The predicted molar refractivity (Wildman–Crippen MR) is 96.3 cm³/mol. The summed E-state index contributed by atoms with van der Waals surface area (Å²) in [7, 11) is 0. The molecular formula is C20H27NO5. The van der Waals surface area contributed by atoms with Gasteiger partial charge in [-0.25, -0.2) is 0 Å². The van der Waals surface area contributed by atoms with Crippen LogP contribution in [0.3, 0.4) is 0 Å². The number of nitrogens with zero attached hydrogens (tertiary/aromatic N) is 1. The summed E-state index contributed by atoms with van der Waals surface area (Å²) in [5.41, 5.74) is 0.566. The van der Waals surface area contributed by atoms with Crippen LogP contribution in [0.1, 0.15) is 56.3 Å². The molecule has 6 nitrogen and oxygen atoms in total. The first-order chi connectivity index (χ1) is 12.6. The van der Waals surface area contributed by atoms with Gasteiger partial charge >= 0.3 is 5.97 Å². The van der Waals surface area contributed by atoms with Crippen molar-refractivity contribution in [3.63, 3.8) is 0 Å². The molecule has 2 atom stereocenters. The van der Waals surface area contributed by atoms with Crippen LogP contribution in [0.15, 0.2) is 18.2 Å². The van der Waals surface area contributed by atoms with E-state index in [2.05, 4.69) is 6.92 Å². The summed E-state index contributed by atoms with van der Waals surface area (Å²) < 4.78 is 15.8. The number of carbonyl (C=O) groups excluding carboxylic acids is 2. The van der Waals surface area contributed by atoms with Crippen molar-refractivity contribution in [3.05, 3.63) is 23.8 Å². The Morgan fingerprint density at radius 1 is 1.19 bits per heavy atom. The lowest BCUT2D eigenvalue weighted by molar-refractivity contribution is -0.143. The summed E-state index contributed by atoms with van der Waals surface area (Å²) in [5.74, 6) is 1.35. The van der Waals surface area contributed by atoms with Gasteiger partial charge in [0.25, 0.3) is 5.91 Å². The molecule has 0 spiro atoms. The summed E-state index contributed by atoms with van der Waals surface area (Å²) in [4.78, 5) is 26.9. The molecule has 3 rings (SSSR count). The monoisotopic (exact) mass is 361 g/mol. The molecule has 0 bridgehead atoms. The van der Waals surface area contributed by atoms with E-state index in [0.29, 0.717) is 36.1 Å². The zero-order valence-electron chi connectivity index (χ0n) is 15.5. The summed E-state index contributed by atoms with van der Waals surface area (Å²) >= 11 is 0. The standard InChI is InChI=1S/C20H27NO5/c1-3-24-19(22)10-11-21(16-7-5-4-6-14(16)2)20(23)15-8-9-17-18(12-15)26-13-25-17/h8-9,12,14,16H,3-7,10-11,13H2,1-2H3. The molecule has 1 heterocycles. The first-order valence-corrected chi connectivity index (χ1v) is 9.46. The molecule has 26 heavy (non-hydrogen) atoms. The van der Waals surface area contributed by atoms with Crippen molar-refractivity contribution in [1.29, 1.82) is 0 Å². The van der Waals surface area contributed by atoms with Crippen LogP contribution >= 0.6 is 0 Å². The molecule has 2 unspecified atom stereocenters. The van der Waals surface area contributed by atoms with Gasteiger partial charge in [0.05, 0.1) is 13.0 Å². The summed E-state index contributed by atoms with van der Waals surface area (Å²) in [6, 6.07) is 5.41. The second-order valence-electron chi connectivity index (χ2n) is 6.95. The Morgan fingerprint density at radius 2 is 1.96 bits per heavy atom. The molecular weight excluding hydrogens is 334 g/mol. The van der Waals surface area contributed by atoms with Crippen LogP contribution < -0.4 is 9.47 Å². The second kappa shape index (κ2) is 8.43. The molecule has 1 aromatic rings. The Morgan fingerprint density at radius 3 is 2.73 bits per heavy atom. The minimum atomic E-state index is -0.264. The Hall–Kier alpha value is -2.24. The molecule has 142 valence electrons. The number of rotatable bonds is 6. The molecule has 0 N–H and O–H groups in total. The molecule has 2 aliphatic rings. The molecule has 0 radical (unpaired) electrons. The maximum absolute atomic E-state index is 13.2. The van der Waals surface area contributed by atoms with Crippen molar-refractivity contribution in [2.45, 2.75) is 52.0 Å². The molecule has 1 fully saturated rings. The Bertz CT molecular complexity index is 660. The van der Waals surface area contributed by atoms with Crippen LogP contribution in [-0.4, -0.2) is 42.8 Å². The lowest BCUT2D eigenvalue weighted by Crippen LogP contribution is -2.46. The zero-order chi connectivity index (χ0) is 18.5. The highest BCUT2D eigenvalue weighted by Gasteiger charge is 2.32. The van der Waals surface area contributed by atoms with Gasteiger partial charge in [-0.2, -0.15) is 0 Å². The van der Waals surface area contributed by atoms with E-state index in [4.69, 9.17) is 14.2 Å². The smallest absolute Gasteiger partial charge is 0.307 e. The average Bonchev–Trinajstić information content (AvgIpc) is 3.11. The molecule has 1 amide bonds. The third-order valence-electron chi connectivity index (χ3n) is 5.21. The number of benzene rings is 1. The lowest BCUT2D eigenvalue weighted by Gasteiger charge is -2.38. The quantitative estimate of drug-likeness (QED) is 0.727. The van der Waals surface area contributed by atoms with Gasteiger partial charge in [0.2, 0.25) is 6.79 Å². The van der Waals surface area contributed by atoms with Gasteiger partial charge in [0.15, 0.2) is 11.5 Å². The fraction of sp³-hybridized carbons (Fsp3) is 0.600. The van der Waals surface area contributed by atoms with Crippen LogP contribution in [0, 0.1) is 5.92 Å². The van der Waals surface area contributed by atoms with E-state index in [9.17, 15) is 9.59 Å². The Kier molecular flexibility index (Phi) is 6.01. The maximum Gasteiger partial charge on any atom is 0.307 e. The molecule has 0 saturated heterocycles. The van der Waals surface area contributed by atoms with Crippen molar-refractivity contribution >= 4 is 11.9 Å². The highest BCUT2D eigenvalue weighted by atomic mass is 16.7. The van der Waals surface area contributed by atoms with Crippen molar-refractivity contribution in [1.82, 2.24) is 4.90 Å². The number of esters is 1. The van der Waals surface area contributed by atoms with Crippen molar-refractivity contribution in [2.24, 2.45) is 5.92 Å². The van der Waals surface area contributed by atoms with Crippen LogP contribution in [-0.2, 0) is 9.53 Å². The van der Waals surface area contributed by atoms with E-state index < -0.39 is 0 Å². The minimum absolute atomic E-state index is 0.0636. The topological polar surface area (TPSA) is 65.1 Å². The van der Waals surface area contributed by atoms with E-state index in [-0.39, 0.29) is 31.1 Å². The number of hydrogen-bond donors (Lipinski definition) is 0. The van der Waals surface area contributed by atoms with Crippen LogP contribution in [0.4, 0.5) is 0 Å². The van der Waals surface area contributed by atoms with Crippen LogP contribution in [0.5, 0.6) is 11.5 Å². The Balaban J connectivity index is 1.79. The normalized spacial score (nSPS) is 21.3. The molecule has 0 aromatic heterocycles. The highest BCUT2D eigenvalue weighted by molar-refractivity contribution is 5.95. The number of fused-ring (bicyclic) bond motifs is 1. The van der Waals surface area contributed by atoms with Gasteiger partial charge in [0.1, 0.15) is 0 Å². The van der Waals surface area contributed by atoms with Crippen molar-refractivity contribution in [3.8, 4) is 11.5 Å². The van der Waals surface area contributed by atoms with Gasteiger partial charge in [-0.3, -0.25) is 9.59 Å². The fourth-order valence-corrected chi connectivity index (χ4v) is 3.82. The number of hydrogen-bond acceptors (Lipinski definition) is 5. The third kappa shape index (κ3) is 4.11. The SMILES string of the molecule is CCOC(=O)CCN(C(=O)c1ccc2c(c1)OCO2)C1CCCCC1C. The first kappa shape index (κ1) is 18.5. The highest BCUT2D eigenvalue weighted by Crippen LogP contribution is 2.34. The van der Waals surface area contributed by atoms with Gasteiger partial charge in [0, 0.05) is 18.2 Å². The molecule has 1 saturated carbocycles. The van der Waals surface area contributed by atoms with Gasteiger partial charge in [-0.05, 0) is 43.9 Å². The van der Waals surface area contributed by atoms with Crippen molar-refractivity contribution in [2.75, 3.05) is 19.9 Å². The summed E-state index contributed by atoms with van der Waals surface area (Å²) in [5, 5.41) is 0. The van der Waals surface area contributed by atoms with Gasteiger partial charge in [-0.15, -0.1) is 0 Å². The Labute approximate surface area is 154 Å². The summed E-state index contributed by atoms with van der Waals surface area (Å²) in [6.45, 7) is 4.89. The second-order valence-corrected chi connectivity index (χ2v) is 6.95. The molecule has 1 aliphatic carbocycles. The van der Waals surface area contributed by atoms with Crippen molar-refractivity contribution < 1.29 is 23.8 Å². The molecule has 6 heteroatoms. The van der Waals surface area contributed by atoms with Gasteiger partial charge in [-0.1, -0.05) is 19.8 Å². The van der Waals surface area contributed by atoms with E-state index in [1.54, 1.807) is 25.1 Å². The number of amides is 1. The number of ether oxygens (including phenoxy) is 3. The van der Waals surface area contributed by atoms with E-state index in [0.717, 1.165) is 19.3 Å². The third-order valence-corrected chi connectivity index (χ3v) is 5.21. The predicted octanol–water partition coefficient (Wildman–Crippen LogP) is 3.39. The van der Waals surface area contributed by atoms with E-state index in [1.165, 1.54) is 6.42 Å². The average molecular weight is 361 g/mol. The van der Waals surface area contributed by atoms with Crippen LogP contribution in [0.25, 0.3) is 0 Å². The lowest BCUT2D eigenvalue weighted by atomic mass is 9.84. The largest absolute Gasteiger partial charge is 0.466 e. The van der Waals surface area contributed by atoms with E-state index in [1.807, 2.05) is 4.90 Å². The molecule has 1 aliphatic heterocycles. The molecule has 1 aromatic carbocycles. The van der Waals surface area contributed by atoms with Gasteiger partial charge < -0.3 is 19.1 Å². The van der Waals surface area contributed by atoms with E-state index >= 15 is 0 Å². The summed E-state index contributed by atoms with van der Waals surface area (Å²) in [6.07, 6.45) is 4.60. The maximum atomic E-state index is 13.2. The number of carbonyl (C=O) groups is 2. The van der Waals surface area contributed by atoms with Crippen LogP contribution in [0.2, 0.25) is 0 Å². The fourth-order valence-electron chi connectivity index (χ4n) is 3.82. The zero-order valence-corrected chi connectivity index (χ0v) is 15.5. The minimum Gasteiger partial charge on any atom is -0.466 e.